The van der Waals surface area contributed by atoms with Gasteiger partial charge in [-0.25, -0.2) is 0 Å². The quantitative estimate of drug-likeness (QED) is 0.582. The van der Waals surface area contributed by atoms with Gasteiger partial charge in [-0.05, 0) is 22.4 Å². The fourth-order valence-corrected chi connectivity index (χ4v) is 3.68. The second-order valence-corrected chi connectivity index (χ2v) is 6.37. The third-order valence-electron chi connectivity index (χ3n) is 4.88. The third kappa shape index (κ3) is 3.81. The van der Waals surface area contributed by atoms with E-state index in [1.54, 1.807) is 14.2 Å². The molecule has 0 amide bonds. The number of carbonyl (C=O) groups excluding carboxylic acids is 1. The van der Waals surface area contributed by atoms with Crippen LogP contribution in [-0.2, 0) is 14.3 Å². The number of methoxy groups -OCH3 is 3. The number of hydrogen-bond acceptors (Lipinski definition) is 4. The lowest BCUT2D eigenvalue weighted by atomic mass is 9.78. The van der Waals surface area contributed by atoms with Crippen LogP contribution in [-0.4, -0.2) is 33.9 Å². The van der Waals surface area contributed by atoms with Gasteiger partial charge in [0.1, 0.15) is 5.75 Å². The molecule has 0 aliphatic heterocycles. The predicted octanol–water partition coefficient (Wildman–Crippen LogP) is 4.42. The van der Waals surface area contributed by atoms with Gasteiger partial charge < -0.3 is 14.2 Å². The molecule has 3 rings (SSSR count). The smallest absolute Gasteiger partial charge is 0.311 e. The van der Waals surface area contributed by atoms with E-state index in [0.717, 1.165) is 27.6 Å². The van der Waals surface area contributed by atoms with Crippen LogP contribution in [0.15, 0.2) is 66.7 Å². The molecule has 0 bridgehead atoms. The average molecular weight is 364 g/mol. The number of esters is 1. The van der Waals surface area contributed by atoms with E-state index in [-0.39, 0.29) is 18.5 Å². The molecule has 0 saturated heterocycles. The average Bonchev–Trinajstić information content (AvgIpc) is 2.73. The molecule has 2 unspecified atom stereocenters. The first-order chi connectivity index (χ1) is 13.2. The van der Waals surface area contributed by atoms with Crippen molar-refractivity contribution >= 4 is 16.7 Å². The molecule has 3 aromatic rings. The van der Waals surface area contributed by atoms with Crippen LogP contribution < -0.4 is 4.74 Å². The zero-order valence-corrected chi connectivity index (χ0v) is 15.8. The summed E-state index contributed by atoms with van der Waals surface area (Å²) >= 11 is 0. The molecule has 0 heterocycles. The van der Waals surface area contributed by atoms with Gasteiger partial charge in [-0.3, -0.25) is 4.79 Å². The van der Waals surface area contributed by atoms with Crippen LogP contribution in [0.2, 0.25) is 0 Å². The van der Waals surface area contributed by atoms with Crippen molar-refractivity contribution in [2.24, 2.45) is 5.92 Å². The Bertz CT molecular complexity index is 914. The number of para-hydroxylation sites is 1. The van der Waals surface area contributed by atoms with E-state index in [0.29, 0.717) is 0 Å². The largest absolute Gasteiger partial charge is 0.496 e. The molecule has 0 radical (unpaired) electrons. The highest BCUT2D eigenvalue weighted by Crippen LogP contribution is 2.40. The summed E-state index contributed by atoms with van der Waals surface area (Å²) in [5.41, 5.74) is 1.98. The van der Waals surface area contributed by atoms with Crippen molar-refractivity contribution in [3.63, 3.8) is 0 Å². The fourth-order valence-electron chi connectivity index (χ4n) is 3.68. The van der Waals surface area contributed by atoms with Crippen molar-refractivity contribution < 1.29 is 19.0 Å². The van der Waals surface area contributed by atoms with Gasteiger partial charge in [-0.2, -0.15) is 0 Å². The van der Waals surface area contributed by atoms with E-state index in [1.807, 2.05) is 42.5 Å². The maximum absolute atomic E-state index is 12.7. The summed E-state index contributed by atoms with van der Waals surface area (Å²) in [5, 5.41) is 2.22. The van der Waals surface area contributed by atoms with E-state index >= 15 is 0 Å². The van der Waals surface area contributed by atoms with E-state index in [2.05, 4.69) is 24.3 Å². The van der Waals surface area contributed by atoms with E-state index in [4.69, 9.17) is 14.2 Å². The van der Waals surface area contributed by atoms with Gasteiger partial charge in [-0.15, -0.1) is 0 Å². The van der Waals surface area contributed by atoms with Crippen molar-refractivity contribution in [2.45, 2.75) is 5.92 Å². The van der Waals surface area contributed by atoms with Gasteiger partial charge in [0.2, 0.25) is 0 Å². The highest BCUT2D eigenvalue weighted by Gasteiger charge is 2.34. The van der Waals surface area contributed by atoms with Crippen molar-refractivity contribution in [3.05, 3.63) is 77.9 Å². The maximum Gasteiger partial charge on any atom is 0.311 e. The molecule has 4 nitrogen and oxygen atoms in total. The first kappa shape index (κ1) is 18.9. The van der Waals surface area contributed by atoms with Gasteiger partial charge in [0, 0.05) is 18.6 Å². The zero-order chi connectivity index (χ0) is 19.2. The van der Waals surface area contributed by atoms with Crippen LogP contribution in [0.25, 0.3) is 10.8 Å². The predicted molar refractivity (Wildman–Crippen MR) is 106 cm³/mol. The first-order valence-corrected chi connectivity index (χ1v) is 8.88. The normalized spacial score (nSPS) is 13.1. The number of fused-ring (bicyclic) bond motifs is 1. The summed E-state index contributed by atoms with van der Waals surface area (Å²) in [4.78, 5) is 12.7. The van der Waals surface area contributed by atoms with Crippen LogP contribution in [0.1, 0.15) is 17.0 Å². The Morgan fingerprint density at radius 2 is 1.52 bits per heavy atom. The number of ether oxygens (including phenoxy) is 3. The second kappa shape index (κ2) is 8.69. The molecule has 3 aromatic carbocycles. The molecule has 0 spiro atoms. The molecule has 0 saturated carbocycles. The van der Waals surface area contributed by atoms with E-state index < -0.39 is 5.92 Å². The molecule has 0 aliphatic carbocycles. The third-order valence-corrected chi connectivity index (χ3v) is 4.88. The van der Waals surface area contributed by atoms with Gasteiger partial charge >= 0.3 is 5.97 Å². The minimum absolute atomic E-state index is 0.249. The lowest BCUT2D eigenvalue weighted by Crippen LogP contribution is -2.29. The molecule has 0 fully saturated rings. The molecule has 0 aliphatic rings. The molecule has 2 atom stereocenters. The lowest BCUT2D eigenvalue weighted by molar-refractivity contribution is -0.147. The maximum atomic E-state index is 12.7. The van der Waals surface area contributed by atoms with Crippen molar-refractivity contribution in [2.75, 3.05) is 27.9 Å². The van der Waals surface area contributed by atoms with Crippen molar-refractivity contribution in [1.29, 1.82) is 0 Å². The standard InChI is InChI=1S/C23H24O4/c1-25-15-20(23(24)27-3)22(19-12-6-7-14-21(19)26-2)18-13-8-10-16-9-4-5-11-17(16)18/h4-14,20,22H,15H2,1-3H3. The van der Waals surface area contributed by atoms with Crippen LogP contribution in [0, 0.1) is 5.92 Å². The highest BCUT2D eigenvalue weighted by atomic mass is 16.5. The van der Waals surface area contributed by atoms with Crippen molar-refractivity contribution in [1.82, 2.24) is 0 Å². The topological polar surface area (TPSA) is 44.8 Å². The Labute approximate surface area is 159 Å². The summed E-state index contributed by atoms with van der Waals surface area (Å²) in [6.07, 6.45) is 0. The minimum atomic E-state index is -0.498. The van der Waals surface area contributed by atoms with Gasteiger partial charge in [-0.1, -0.05) is 60.7 Å². The Hall–Kier alpha value is -2.85. The Kier molecular flexibility index (Phi) is 6.09. The second-order valence-electron chi connectivity index (χ2n) is 6.37. The van der Waals surface area contributed by atoms with Gasteiger partial charge in [0.05, 0.1) is 26.7 Å². The summed E-state index contributed by atoms with van der Waals surface area (Å²) in [7, 11) is 4.65. The first-order valence-electron chi connectivity index (χ1n) is 8.88. The monoisotopic (exact) mass is 364 g/mol. The number of hydrogen-bond donors (Lipinski definition) is 0. The molecule has 0 N–H and O–H groups in total. The summed E-state index contributed by atoms with van der Waals surface area (Å²) in [5.74, 6) is -0.331. The zero-order valence-electron chi connectivity index (χ0n) is 15.8. The van der Waals surface area contributed by atoms with Crippen LogP contribution in [0.4, 0.5) is 0 Å². The van der Waals surface area contributed by atoms with Crippen molar-refractivity contribution in [3.8, 4) is 5.75 Å². The molecular weight excluding hydrogens is 340 g/mol. The molecule has 4 heteroatoms. The molecular formula is C23H24O4. The van der Waals surface area contributed by atoms with Crippen LogP contribution >= 0.6 is 0 Å². The lowest BCUT2D eigenvalue weighted by Gasteiger charge is -2.28. The summed E-state index contributed by atoms with van der Waals surface area (Å²) in [6, 6.07) is 22.1. The van der Waals surface area contributed by atoms with Gasteiger partial charge in [0.15, 0.2) is 0 Å². The number of rotatable bonds is 7. The molecule has 140 valence electrons. The molecule has 0 aromatic heterocycles. The molecule has 27 heavy (non-hydrogen) atoms. The number of benzene rings is 3. The van der Waals surface area contributed by atoms with Crippen LogP contribution in [0.3, 0.4) is 0 Å². The number of carbonyl (C=O) groups is 1. The van der Waals surface area contributed by atoms with E-state index in [9.17, 15) is 4.79 Å². The fraction of sp³-hybridized carbons (Fsp3) is 0.261. The SMILES string of the molecule is COCC(C(=O)OC)C(c1ccccc1OC)c1cccc2ccccc12. The highest BCUT2D eigenvalue weighted by molar-refractivity contribution is 5.88. The minimum Gasteiger partial charge on any atom is -0.496 e. The van der Waals surface area contributed by atoms with Gasteiger partial charge in [0.25, 0.3) is 0 Å². The van der Waals surface area contributed by atoms with E-state index in [1.165, 1.54) is 7.11 Å². The summed E-state index contributed by atoms with van der Waals surface area (Å²) < 4.78 is 16.1. The van der Waals surface area contributed by atoms with Crippen LogP contribution in [0.5, 0.6) is 5.75 Å². The summed E-state index contributed by atoms with van der Waals surface area (Å²) in [6.45, 7) is 0.249. The Morgan fingerprint density at radius 3 is 2.26 bits per heavy atom. The Morgan fingerprint density at radius 1 is 0.852 bits per heavy atom. The Balaban J connectivity index is 2.28.